The number of hydrogen-bond donors (Lipinski definition) is 2. The fraction of sp³-hybridized carbons (Fsp3) is 0.417. The molecule has 0 radical (unpaired) electrons. The third kappa shape index (κ3) is 4.44. The highest BCUT2D eigenvalue weighted by molar-refractivity contribution is 6.33. The molecule has 32 heavy (non-hydrogen) atoms. The van der Waals surface area contributed by atoms with Crippen molar-refractivity contribution in [3.63, 3.8) is 0 Å². The van der Waals surface area contributed by atoms with Gasteiger partial charge in [-0.1, -0.05) is 31.5 Å². The van der Waals surface area contributed by atoms with Gasteiger partial charge in [0.15, 0.2) is 0 Å². The highest BCUT2D eigenvalue weighted by atomic mass is 35.5. The molecule has 8 heteroatoms. The van der Waals surface area contributed by atoms with E-state index in [0.29, 0.717) is 22.9 Å². The van der Waals surface area contributed by atoms with Crippen molar-refractivity contribution in [1.82, 2.24) is 14.9 Å². The number of para-hydroxylation sites is 1. The number of carbonyl (C=O) groups is 1. The van der Waals surface area contributed by atoms with Gasteiger partial charge < -0.3 is 15.2 Å². The molecule has 1 aliphatic carbocycles. The van der Waals surface area contributed by atoms with Crippen molar-refractivity contribution in [3.05, 3.63) is 52.6 Å². The summed E-state index contributed by atoms with van der Waals surface area (Å²) in [6, 6.07) is 7.12. The van der Waals surface area contributed by atoms with Gasteiger partial charge in [-0.2, -0.15) is 0 Å². The lowest BCUT2D eigenvalue weighted by atomic mass is 9.79. The summed E-state index contributed by atoms with van der Waals surface area (Å²) in [7, 11) is 1.68. The Bertz CT molecular complexity index is 1130. The summed E-state index contributed by atoms with van der Waals surface area (Å²) in [6.07, 6.45) is 3.94. The first-order chi connectivity index (χ1) is 15.2. The zero-order chi connectivity index (χ0) is 23.0. The molecule has 2 N–H and O–H groups in total. The molecule has 4 rings (SSSR count). The predicted octanol–water partition coefficient (Wildman–Crippen LogP) is 6.19. The zero-order valence-electron chi connectivity index (χ0n) is 18.4. The van der Waals surface area contributed by atoms with E-state index in [9.17, 15) is 13.6 Å². The van der Waals surface area contributed by atoms with Gasteiger partial charge in [0, 0.05) is 19.2 Å². The van der Waals surface area contributed by atoms with Crippen LogP contribution < -0.4 is 10.6 Å². The molecule has 1 heterocycles. The normalized spacial score (nSPS) is 18.8. The summed E-state index contributed by atoms with van der Waals surface area (Å²) in [6.45, 7) is 4.45. The summed E-state index contributed by atoms with van der Waals surface area (Å²) < 4.78 is 30.6. The minimum atomic E-state index is -0.621. The maximum atomic E-state index is 14.8. The van der Waals surface area contributed by atoms with Crippen LogP contribution >= 0.6 is 11.6 Å². The molecule has 1 fully saturated rings. The van der Waals surface area contributed by atoms with Crippen LogP contribution in [0.5, 0.6) is 0 Å². The summed E-state index contributed by atoms with van der Waals surface area (Å²) in [4.78, 5) is 17.2. The standard InChI is InChI=1S/C24H27ClF2N4O/c1-13(2)14-7-9-15(10-8-14)28-23(32)16-11-20-21(12-19(16)27)31(3)24(29-20)30-22-17(25)5-4-6-18(22)26/h4-6,11-15H,7-10H2,1-3H3,(H,28,32)(H,29,30). The van der Waals surface area contributed by atoms with Gasteiger partial charge in [-0.15, -0.1) is 0 Å². The zero-order valence-corrected chi connectivity index (χ0v) is 19.1. The number of aromatic nitrogens is 2. The average Bonchev–Trinajstić information content (AvgIpc) is 3.05. The highest BCUT2D eigenvalue weighted by Crippen LogP contribution is 2.31. The van der Waals surface area contributed by atoms with E-state index in [1.54, 1.807) is 17.7 Å². The van der Waals surface area contributed by atoms with Crippen LogP contribution in [0, 0.1) is 23.5 Å². The number of benzene rings is 2. The molecule has 0 aliphatic heterocycles. The summed E-state index contributed by atoms with van der Waals surface area (Å²) >= 11 is 6.09. The number of nitrogens with one attached hydrogen (secondary N) is 2. The van der Waals surface area contributed by atoms with Crippen molar-refractivity contribution in [2.75, 3.05) is 5.32 Å². The number of hydrogen-bond acceptors (Lipinski definition) is 3. The van der Waals surface area contributed by atoms with Gasteiger partial charge in [0.05, 0.1) is 27.3 Å². The van der Waals surface area contributed by atoms with E-state index >= 15 is 0 Å². The number of rotatable bonds is 5. The Kier molecular flexibility index (Phi) is 6.38. The lowest BCUT2D eigenvalue weighted by molar-refractivity contribution is 0.0914. The van der Waals surface area contributed by atoms with Crippen molar-refractivity contribution in [2.24, 2.45) is 18.9 Å². The number of amides is 1. The second kappa shape index (κ2) is 9.06. The fourth-order valence-electron chi connectivity index (χ4n) is 4.42. The molecule has 1 aliphatic rings. The Morgan fingerprint density at radius 1 is 1.16 bits per heavy atom. The molecular weight excluding hydrogens is 434 g/mol. The summed E-state index contributed by atoms with van der Waals surface area (Å²) in [5.74, 6) is 0.0225. The van der Waals surface area contributed by atoms with E-state index in [0.717, 1.165) is 25.7 Å². The van der Waals surface area contributed by atoms with Crippen LogP contribution in [0.4, 0.5) is 20.4 Å². The smallest absolute Gasteiger partial charge is 0.254 e. The van der Waals surface area contributed by atoms with E-state index in [2.05, 4.69) is 29.5 Å². The SMILES string of the molecule is CC(C)C1CCC(NC(=O)c2cc3nc(Nc4c(F)cccc4Cl)n(C)c3cc2F)CC1. The maximum Gasteiger partial charge on any atom is 0.254 e. The molecule has 2 aromatic carbocycles. The molecule has 5 nitrogen and oxygen atoms in total. The third-order valence-electron chi connectivity index (χ3n) is 6.46. The minimum absolute atomic E-state index is 0.0444. The van der Waals surface area contributed by atoms with Crippen LogP contribution in [0.25, 0.3) is 11.0 Å². The molecule has 0 spiro atoms. The van der Waals surface area contributed by atoms with E-state index in [1.165, 1.54) is 24.3 Å². The molecule has 0 bridgehead atoms. The topological polar surface area (TPSA) is 59.0 Å². The van der Waals surface area contributed by atoms with E-state index in [1.807, 2.05) is 0 Å². The van der Waals surface area contributed by atoms with Gasteiger partial charge >= 0.3 is 0 Å². The van der Waals surface area contributed by atoms with E-state index in [4.69, 9.17) is 11.6 Å². The predicted molar refractivity (Wildman–Crippen MR) is 123 cm³/mol. The van der Waals surface area contributed by atoms with Crippen molar-refractivity contribution in [2.45, 2.75) is 45.6 Å². The number of carbonyl (C=O) groups excluding carboxylic acids is 1. The number of halogens is 3. The van der Waals surface area contributed by atoms with Gasteiger partial charge in [-0.05, 0) is 55.7 Å². The third-order valence-corrected chi connectivity index (χ3v) is 6.78. The first-order valence-corrected chi connectivity index (χ1v) is 11.3. The Labute approximate surface area is 191 Å². The highest BCUT2D eigenvalue weighted by Gasteiger charge is 2.26. The molecule has 3 aromatic rings. The molecule has 1 saturated carbocycles. The monoisotopic (exact) mass is 460 g/mol. The Balaban J connectivity index is 1.55. The minimum Gasteiger partial charge on any atom is -0.349 e. The second-order valence-electron chi connectivity index (χ2n) is 8.87. The Morgan fingerprint density at radius 3 is 2.53 bits per heavy atom. The van der Waals surface area contributed by atoms with Crippen LogP contribution in [0.1, 0.15) is 49.9 Å². The molecule has 0 unspecified atom stereocenters. The molecule has 1 amide bonds. The first kappa shape index (κ1) is 22.5. The molecular formula is C24H27ClF2N4O. The number of anilines is 2. The number of imidazole rings is 1. The largest absolute Gasteiger partial charge is 0.349 e. The van der Waals surface area contributed by atoms with Crippen molar-refractivity contribution in [3.8, 4) is 0 Å². The Hall–Kier alpha value is -2.67. The van der Waals surface area contributed by atoms with E-state index < -0.39 is 17.5 Å². The average molecular weight is 461 g/mol. The van der Waals surface area contributed by atoms with Gasteiger partial charge in [-0.25, -0.2) is 13.8 Å². The van der Waals surface area contributed by atoms with Crippen molar-refractivity contribution < 1.29 is 13.6 Å². The van der Waals surface area contributed by atoms with E-state index in [-0.39, 0.29) is 28.3 Å². The number of nitrogens with zero attached hydrogens (tertiary/aromatic N) is 2. The Morgan fingerprint density at radius 2 is 1.88 bits per heavy atom. The van der Waals surface area contributed by atoms with Gasteiger partial charge in [-0.3, -0.25) is 4.79 Å². The molecule has 170 valence electrons. The van der Waals surface area contributed by atoms with Crippen LogP contribution in [0.15, 0.2) is 30.3 Å². The molecule has 1 aromatic heterocycles. The lowest BCUT2D eigenvalue weighted by Crippen LogP contribution is -2.38. The molecule has 0 atom stereocenters. The van der Waals surface area contributed by atoms with Crippen LogP contribution in [0.3, 0.4) is 0 Å². The van der Waals surface area contributed by atoms with Gasteiger partial charge in [0.2, 0.25) is 5.95 Å². The summed E-state index contributed by atoms with van der Waals surface area (Å²) in [5.41, 5.74) is 0.948. The fourth-order valence-corrected chi connectivity index (χ4v) is 4.63. The van der Waals surface area contributed by atoms with Gasteiger partial charge in [0.1, 0.15) is 11.6 Å². The quantitative estimate of drug-likeness (QED) is 0.477. The van der Waals surface area contributed by atoms with Crippen LogP contribution in [-0.2, 0) is 7.05 Å². The van der Waals surface area contributed by atoms with Crippen LogP contribution in [-0.4, -0.2) is 21.5 Å². The number of aryl methyl sites for hydroxylation is 1. The van der Waals surface area contributed by atoms with Crippen LogP contribution in [0.2, 0.25) is 5.02 Å². The van der Waals surface area contributed by atoms with Crippen molar-refractivity contribution >= 4 is 40.2 Å². The first-order valence-electron chi connectivity index (χ1n) is 10.9. The maximum absolute atomic E-state index is 14.8. The van der Waals surface area contributed by atoms with Crippen molar-refractivity contribution in [1.29, 1.82) is 0 Å². The second-order valence-corrected chi connectivity index (χ2v) is 9.27. The van der Waals surface area contributed by atoms with Gasteiger partial charge in [0.25, 0.3) is 5.91 Å². The number of fused-ring (bicyclic) bond motifs is 1. The molecule has 0 saturated heterocycles. The summed E-state index contributed by atoms with van der Waals surface area (Å²) in [5, 5.41) is 6.05. The lowest BCUT2D eigenvalue weighted by Gasteiger charge is -2.31.